The average molecular weight is 374 g/mol. The fourth-order valence-electron chi connectivity index (χ4n) is 2.43. The minimum absolute atomic E-state index is 0.0199. The Bertz CT molecular complexity index is 932. The highest BCUT2D eigenvalue weighted by Gasteiger charge is 2.17. The summed E-state index contributed by atoms with van der Waals surface area (Å²) in [7, 11) is 3.14. The molecule has 26 heavy (non-hydrogen) atoms. The second-order valence-corrected chi connectivity index (χ2v) is 6.68. The summed E-state index contributed by atoms with van der Waals surface area (Å²) in [6.45, 7) is 3.65. The molecule has 0 unspecified atom stereocenters. The van der Waals surface area contributed by atoms with Crippen molar-refractivity contribution in [2.45, 2.75) is 20.5 Å². The molecule has 1 aromatic carbocycles. The molecular weight excluding hydrogens is 356 g/mol. The van der Waals surface area contributed by atoms with Crippen LogP contribution < -0.4 is 9.47 Å². The van der Waals surface area contributed by atoms with Crippen LogP contribution in [0.1, 0.15) is 26.1 Å². The first-order valence-electron chi connectivity index (χ1n) is 7.81. The van der Waals surface area contributed by atoms with Gasteiger partial charge in [-0.2, -0.15) is 0 Å². The first-order chi connectivity index (χ1) is 12.5. The predicted molar refractivity (Wildman–Crippen MR) is 95.8 cm³/mol. The van der Waals surface area contributed by atoms with Crippen LogP contribution >= 0.6 is 11.3 Å². The third kappa shape index (κ3) is 3.70. The van der Waals surface area contributed by atoms with Crippen molar-refractivity contribution in [3.05, 3.63) is 45.5 Å². The van der Waals surface area contributed by atoms with Gasteiger partial charge in [-0.15, -0.1) is 11.3 Å². The van der Waals surface area contributed by atoms with E-state index in [1.807, 2.05) is 13.0 Å². The normalized spacial score (nSPS) is 10.6. The summed E-state index contributed by atoms with van der Waals surface area (Å²) in [6, 6.07) is 7.13. The third-order valence-corrected chi connectivity index (χ3v) is 4.72. The van der Waals surface area contributed by atoms with E-state index in [1.54, 1.807) is 39.3 Å². The zero-order chi connectivity index (χ0) is 18.7. The van der Waals surface area contributed by atoms with E-state index in [4.69, 9.17) is 18.7 Å². The monoisotopic (exact) mass is 374 g/mol. The Morgan fingerprint density at radius 3 is 2.58 bits per heavy atom. The van der Waals surface area contributed by atoms with Crippen molar-refractivity contribution in [1.82, 2.24) is 10.1 Å². The van der Waals surface area contributed by atoms with E-state index in [-0.39, 0.29) is 6.61 Å². The van der Waals surface area contributed by atoms with E-state index in [2.05, 4.69) is 10.1 Å². The molecule has 0 aliphatic carbocycles. The van der Waals surface area contributed by atoms with Crippen LogP contribution in [0.25, 0.3) is 11.3 Å². The molecule has 0 bridgehead atoms. The van der Waals surface area contributed by atoms with Crippen LogP contribution in [0.2, 0.25) is 0 Å². The van der Waals surface area contributed by atoms with Gasteiger partial charge >= 0.3 is 5.97 Å². The molecule has 0 fully saturated rings. The Kier molecular flexibility index (Phi) is 5.22. The second-order valence-electron chi connectivity index (χ2n) is 5.48. The summed E-state index contributed by atoms with van der Waals surface area (Å²) >= 11 is 1.31. The SMILES string of the molecule is COc1ccc(-c2cc(COC(=O)c3sc(C)nc3C)no2)cc1OC. The number of hydrogen-bond acceptors (Lipinski definition) is 8. The van der Waals surface area contributed by atoms with E-state index in [0.717, 1.165) is 10.6 Å². The van der Waals surface area contributed by atoms with Crippen molar-refractivity contribution < 1.29 is 23.5 Å². The van der Waals surface area contributed by atoms with Gasteiger partial charge < -0.3 is 18.7 Å². The second kappa shape index (κ2) is 7.57. The average Bonchev–Trinajstić information content (AvgIpc) is 3.25. The molecule has 0 amide bonds. The number of benzene rings is 1. The molecule has 0 aliphatic rings. The Balaban J connectivity index is 1.70. The van der Waals surface area contributed by atoms with Crippen LogP contribution in [0.4, 0.5) is 0 Å². The highest BCUT2D eigenvalue weighted by molar-refractivity contribution is 7.13. The molecular formula is C18H18N2O5S. The minimum atomic E-state index is -0.413. The highest BCUT2D eigenvalue weighted by atomic mass is 32.1. The maximum absolute atomic E-state index is 12.1. The maximum Gasteiger partial charge on any atom is 0.350 e. The van der Waals surface area contributed by atoms with E-state index >= 15 is 0 Å². The molecule has 2 heterocycles. The van der Waals surface area contributed by atoms with Gasteiger partial charge in [-0.25, -0.2) is 9.78 Å². The van der Waals surface area contributed by atoms with Gasteiger partial charge in [0.2, 0.25) is 0 Å². The fraction of sp³-hybridized carbons (Fsp3) is 0.278. The Hall–Kier alpha value is -2.87. The number of methoxy groups -OCH3 is 2. The van der Waals surface area contributed by atoms with E-state index in [0.29, 0.717) is 33.5 Å². The molecule has 0 aliphatic heterocycles. The number of ether oxygens (including phenoxy) is 3. The Labute approximate surface area is 154 Å². The molecule has 0 saturated carbocycles. The summed E-state index contributed by atoms with van der Waals surface area (Å²) in [5.74, 6) is 1.34. The van der Waals surface area contributed by atoms with Crippen LogP contribution in [0, 0.1) is 13.8 Å². The Morgan fingerprint density at radius 1 is 1.15 bits per heavy atom. The van der Waals surface area contributed by atoms with Crippen molar-refractivity contribution in [3.8, 4) is 22.8 Å². The molecule has 0 atom stereocenters. The first kappa shape index (κ1) is 17.9. The lowest BCUT2D eigenvalue weighted by atomic mass is 10.1. The number of aromatic nitrogens is 2. The van der Waals surface area contributed by atoms with Crippen LogP contribution in [-0.2, 0) is 11.3 Å². The molecule has 136 valence electrons. The van der Waals surface area contributed by atoms with Gasteiger partial charge in [-0.1, -0.05) is 5.16 Å². The van der Waals surface area contributed by atoms with Gasteiger partial charge in [0, 0.05) is 11.6 Å². The fourth-order valence-corrected chi connectivity index (χ4v) is 3.24. The van der Waals surface area contributed by atoms with Crippen molar-refractivity contribution >= 4 is 17.3 Å². The Morgan fingerprint density at radius 2 is 1.92 bits per heavy atom. The molecule has 0 N–H and O–H groups in total. The van der Waals surface area contributed by atoms with Gasteiger partial charge in [-0.3, -0.25) is 0 Å². The van der Waals surface area contributed by atoms with Crippen LogP contribution in [0.15, 0.2) is 28.8 Å². The van der Waals surface area contributed by atoms with Gasteiger partial charge in [0.05, 0.1) is 24.9 Å². The molecule has 0 spiro atoms. The number of nitrogens with zero attached hydrogens (tertiary/aromatic N) is 2. The summed E-state index contributed by atoms with van der Waals surface area (Å²) in [6.07, 6.45) is 0. The number of rotatable bonds is 6. The molecule has 8 heteroatoms. The van der Waals surface area contributed by atoms with Gasteiger partial charge in [0.15, 0.2) is 17.3 Å². The maximum atomic E-state index is 12.1. The molecule has 2 aromatic heterocycles. The quantitative estimate of drug-likeness (QED) is 0.607. The number of thiazole rings is 1. The smallest absolute Gasteiger partial charge is 0.350 e. The standard InChI is InChI=1S/C18H18N2O5S/c1-10-17(26-11(2)19-10)18(21)24-9-13-8-15(25-20-13)12-5-6-14(22-3)16(7-12)23-4/h5-8H,9H2,1-4H3. The van der Waals surface area contributed by atoms with Gasteiger partial charge in [0.1, 0.15) is 17.2 Å². The van der Waals surface area contributed by atoms with Crippen LogP contribution in [0.5, 0.6) is 11.5 Å². The summed E-state index contributed by atoms with van der Waals surface area (Å²) in [4.78, 5) is 16.9. The summed E-state index contributed by atoms with van der Waals surface area (Å²) in [5.41, 5.74) is 1.97. The first-order valence-corrected chi connectivity index (χ1v) is 8.62. The number of aryl methyl sites for hydroxylation is 2. The van der Waals surface area contributed by atoms with Gasteiger partial charge in [0.25, 0.3) is 0 Å². The molecule has 3 rings (SSSR count). The van der Waals surface area contributed by atoms with E-state index in [9.17, 15) is 4.79 Å². The van der Waals surface area contributed by atoms with E-state index in [1.165, 1.54) is 11.3 Å². The third-order valence-electron chi connectivity index (χ3n) is 3.67. The number of hydrogen-bond donors (Lipinski definition) is 0. The van der Waals surface area contributed by atoms with Gasteiger partial charge in [-0.05, 0) is 32.0 Å². The van der Waals surface area contributed by atoms with E-state index < -0.39 is 5.97 Å². The topological polar surface area (TPSA) is 83.7 Å². The van der Waals surface area contributed by atoms with Crippen molar-refractivity contribution in [3.63, 3.8) is 0 Å². The van der Waals surface area contributed by atoms with Crippen molar-refractivity contribution in [2.75, 3.05) is 14.2 Å². The molecule has 0 saturated heterocycles. The van der Waals surface area contributed by atoms with Crippen molar-refractivity contribution in [1.29, 1.82) is 0 Å². The molecule has 3 aromatic rings. The molecule has 7 nitrogen and oxygen atoms in total. The predicted octanol–water partition coefficient (Wildman–Crippen LogP) is 3.79. The lowest BCUT2D eigenvalue weighted by Crippen LogP contribution is -2.05. The highest BCUT2D eigenvalue weighted by Crippen LogP contribution is 2.32. The largest absolute Gasteiger partial charge is 0.493 e. The summed E-state index contributed by atoms with van der Waals surface area (Å²) in [5, 5.41) is 4.77. The molecule has 0 radical (unpaired) electrons. The lowest BCUT2D eigenvalue weighted by Gasteiger charge is -2.07. The number of carbonyl (C=O) groups excluding carboxylic acids is 1. The van der Waals surface area contributed by atoms with Crippen LogP contribution in [-0.4, -0.2) is 30.3 Å². The number of carbonyl (C=O) groups is 1. The zero-order valence-corrected chi connectivity index (χ0v) is 15.7. The summed E-state index contributed by atoms with van der Waals surface area (Å²) < 4.78 is 21.1. The van der Waals surface area contributed by atoms with Crippen LogP contribution in [0.3, 0.4) is 0 Å². The van der Waals surface area contributed by atoms with Crippen molar-refractivity contribution in [2.24, 2.45) is 0 Å². The zero-order valence-electron chi connectivity index (χ0n) is 14.9. The number of esters is 1. The minimum Gasteiger partial charge on any atom is -0.493 e. The lowest BCUT2D eigenvalue weighted by molar-refractivity contribution is 0.0469.